The molecule has 34 heavy (non-hydrogen) atoms. The normalized spacial score (nSPS) is 12.6. The first kappa shape index (κ1) is 26.0. The van der Waals surface area contributed by atoms with Crippen molar-refractivity contribution in [3.05, 3.63) is 53.1 Å². The molecule has 0 saturated carbocycles. The number of halogens is 3. The number of esters is 1. The second-order valence-electron chi connectivity index (χ2n) is 7.27. The lowest BCUT2D eigenvalue weighted by atomic mass is 10.2. The Hall–Kier alpha value is -2.60. The predicted molar refractivity (Wildman–Crippen MR) is 124 cm³/mol. The molecule has 0 spiro atoms. The summed E-state index contributed by atoms with van der Waals surface area (Å²) in [5.41, 5.74) is 1.08. The summed E-state index contributed by atoms with van der Waals surface area (Å²) in [4.78, 5) is 21.1. The van der Waals surface area contributed by atoms with Crippen LogP contribution in [0.1, 0.15) is 43.0 Å². The number of nitrogens with zero attached hydrogens (tertiary/aromatic N) is 5. The molecule has 1 aromatic carbocycles. The number of aryl methyl sites for hydroxylation is 2. The van der Waals surface area contributed by atoms with Gasteiger partial charge in [0.15, 0.2) is 10.3 Å². The third kappa shape index (κ3) is 6.50. The van der Waals surface area contributed by atoms with E-state index >= 15 is 0 Å². The standard InChI is InChI=1S/C22H24F3N5O2S2/c1-5-17(19(31)32-6-2)34-21-29-28-18(12-33-20-26-13(3)10-14(4)27-20)30(21)16-9-7-8-15(11-16)22(23,24)25/h7-11,17H,5-6,12H2,1-4H3/t17-/m0/s1. The van der Waals surface area contributed by atoms with Crippen molar-refractivity contribution in [1.82, 2.24) is 24.7 Å². The maximum absolute atomic E-state index is 13.4. The molecule has 0 aliphatic heterocycles. The van der Waals surface area contributed by atoms with Gasteiger partial charge < -0.3 is 4.74 Å². The number of aromatic nitrogens is 5. The summed E-state index contributed by atoms with van der Waals surface area (Å²) in [6.07, 6.45) is -4.05. The van der Waals surface area contributed by atoms with Gasteiger partial charge in [-0.15, -0.1) is 10.2 Å². The Morgan fingerprint density at radius 1 is 1.12 bits per heavy atom. The van der Waals surface area contributed by atoms with Crippen LogP contribution in [-0.4, -0.2) is 42.6 Å². The lowest BCUT2D eigenvalue weighted by Crippen LogP contribution is -2.20. The first-order valence-electron chi connectivity index (χ1n) is 10.5. The molecule has 0 aliphatic rings. The van der Waals surface area contributed by atoms with E-state index in [-0.39, 0.29) is 18.0 Å². The highest BCUT2D eigenvalue weighted by Crippen LogP contribution is 2.34. The summed E-state index contributed by atoms with van der Waals surface area (Å²) in [5, 5.41) is 8.67. The molecule has 0 saturated heterocycles. The van der Waals surface area contributed by atoms with Gasteiger partial charge in [0, 0.05) is 11.4 Å². The molecule has 0 fully saturated rings. The van der Waals surface area contributed by atoms with E-state index in [0.29, 0.717) is 22.6 Å². The third-order valence-corrected chi connectivity index (χ3v) is 6.72. The van der Waals surface area contributed by atoms with Gasteiger partial charge in [0.25, 0.3) is 0 Å². The van der Waals surface area contributed by atoms with Gasteiger partial charge in [-0.2, -0.15) is 13.2 Å². The Kier molecular flexibility index (Phi) is 8.58. The molecule has 7 nitrogen and oxygen atoms in total. The summed E-state index contributed by atoms with van der Waals surface area (Å²) >= 11 is 2.42. The Labute approximate surface area is 203 Å². The molecule has 182 valence electrons. The Morgan fingerprint density at radius 3 is 2.44 bits per heavy atom. The highest BCUT2D eigenvalue weighted by atomic mass is 32.2. The van der Waals surface area contributed by atoms with Crippen LogP contribution in [0.5, 0.6) is 0 Å². The van der Waals surface area contributed by atoms with Gasteiger partial charge in [0.2, 0.25) is 0 Å². The number of ether oxygens (including phenoxy) is 1. The maximum atomic E-state index is 13.4. The zero-order chi connectivity index (χ0) is 24.9. The van der Waals surface area contributed by atoms with E-state index in [2.05, 4.69) is 20.2 Å². The van der Waals surface area contributed by atoms with Crippen molar-refractivity contribution in [2.24, 2.45) is 0 Å². The number of benzene rings is 1. The third-order valence-electron chi connectivity index (χ3n) is 4.59. The summed E-state index contributed by atoms with van der Waals surface area (Å²) in [6.45, 7) is 7.49. The number of carbonyl (C=O) groups excluding carboxylic acids is 1. The van der Waals surface area contributed by atoms with Gasteiger partial charge >= 0.3 is 12.1 Å². The fourth-order valence-corrected chi connectivity index (χ4v) is 4.95. The van der Waals surface area contributed by atoms with Crippen LogP contribution in [-0.2, 0) is 21.5 Å². The summed E-state index contributed by atoms with van der Waals surface area (Å²) in [5.74, 6) is 0.268. The molecule has 3 rings (SSSR count). The van der Waals surface area contributed by atoms with E-state index < -0.39 is 23.0 Å². The van der Waals surface area contributed by atoms with E-state index in [0.717, 1.165) is 35.3 Å². The van der Waals surface area contributed by atoms with Crippen molar-refractivity contribution in [3.63, 3.8) is 0 Å². The molecule has 1 atom stereocenters. The molecule has 2 heterocycles. The average molecular weight is 512 g/mol. The van der Waals surface area contributed by atoms with E-state index in [1.54, 1.807) is 13.0 Å². The molecule has 0 amide bonds. The van der Waals surface area contributed by atoms with E-state index in [1.807, 2.05) is 26.8 Å². The zero-order valence-electron chi connectivity index (χ0n) is 19.1. The minimum Gasteiger partial charge on any atom is -0.465 e. The van der Waals surface area contributed by atoms with Crippen molar-refractivity contribution >= 4 is 29.5 Å². The number of alkyl halides is 3. The van der Waals surface area contributed by atoms with Gasteiger partial charge in [-0.25, -0.2) is 9.97 Å². The van der Waals surface area contributed by atoms with Crippen LogP contribution in [0.4, 0.5) is 13.2 Å². The second-order valence-corrected chi connectivity index (χ2v) is 9.38. The van der Waals surface area contributed by atoms with E-state index in [4.69, 9.17) is 4.74 Å². The van der Waals surface area contributed by atoms with Crippen LogP contribution in [0.3, 0.4) is 0 Å². The Bertz CT molecular complexity index is 1130. The maximum Gasteiger partial charge on any atom is 0.416 e. The molecular formula is C22H24F3N5O2S2. The number of rotatable bonds is 9. The Morgan fingerprint density at radius 2 is 1.82 bits per heavy atom. The molecule has 0 unspecified atom stereocenters. The topological polar surface area (TPSA) is 82.8 Å². The van der Waals surface area contributed by atoms with Crippen LogP contribution >= 0.6 is 23.5 Å². The second kappa shape index (κ2) is 11.2. The molecule has 0 N–H and O–H groups in total. The van der Waals surface area contributed by atoms with Crippen LogP contribution < -0.4 is 0 Å². The fraction of sp³-hybridized carbons (Fsp3) is 0.409. The summed E-state index contributed by atoms with van der Waals surface area (Å²) < 4.78 is 46.8. The number of thioether (sulfide) groups is 2. The van der Waals surface area contributed by atoms with Gasteiger partial charge in [0.1, 0.15) is 11.1 Å². The van der Waals surface area contributed by atoms with Crippen LogP contribution in [0, 0.1) is 13.8 Å². The Balaban J connectivity index is 2.00. The largest absolute Gasteiger partial charge is 0.465 e. The molecule has 12 heteroatoms. The molecule has 0 aliphatic carbocycles. The van der Waals surface area contributed by atoms with E-state index in [9.17, 15) is 18.0 Å². The smallest absolute Gasteiger partial charge is 0.416 e. The first-order valence-corrected chi connectivity index (χ1v) is 12.4. The van der Waals surface area contributed by atoms with Crippen molar-refractivity contribution in [2.45, 2.75) is 61.6 Å². The molecule has 3 aromatic rings. The monoisotopic (exact) mass is 511 g/mol. The fourth-order valence-electron chi connectivity index (χ4n) is 3.10. The van der Waals surface area contributed by atoms with Gasteiger partial charge in [-0.05, 0) is 51.5 Å². The minimum atomic E-state index is -4.50. The van der Waals surface area contributed by atoms with Gasteiger partial charge in [-0.1, -0.05) is 36.5 Å². The van der Waals surface area contributed by atoms with Crippen molar-refractivity contribution in [1.29, 1.82) is 0 Å². The number of hydrogen-bond donors (Lipinski definition) is 0. The van der Waals surface area contributed by atoms with Crippen molar-refractivity contribution < 1.29 is 22.7 Å². The van der Waals surface area contributed by atoms with Crippen LogP contribution in [0.15, 0.2) is 40.6 Å². The molecular weight excluding hydrogens is 487 g/mol. The minimum absolute atomic E-state index is 0.230. The first-order chi connectivity index (χ1) is 16.1. The van der Waals surface area contributed by atoms with E-state index in [1.165, 1.54) is 22.4 Å². The quantitative estimate of drug-likeness (QED) is 0.214. The molecule has 2 aromatic heterocycles. The zero-order valence-corrected chi connectivity index (χ0v) is 20.7. The summed E-state index contributed by atoms with van der Waals surface area (Å²) in [7, 11) is 0. The van der Waals surface area contributed by atoms with Crippen molar-refractivity contribution in [2.75, 3.05) is 6.61 Å². The predicted octanol–water partition coefficient (Wildman–Crippen LogP) is 5.42. The number of carbonyl (C=O) groups is 1. The van der Waals surface area contributed by atoms with Gasteiger partial charge in [0.05, 0.1) is 23.6 Å². The van der Waals surface area contributed by atoms with Crippen LogP contribution in [0.25, 0.3) is 5.69 Å². The van der Waals surface area contributed by atoms with Crippen molar-refractivity contribution in [3.8, 4) is 5.69 Å². The SMILES string of the molecule is CCOC(=O)[C@H](CC)Sc1nnc(CSc2nc(C)cc(C)n2)n1-c1cccc(C(F)(F)F)c1. The molecule has 0 bridgehead atoms. The molecule has 0 radical (unpaired) electrons. The lowest BCUT2D eigenvalue weighted by molar-refractivity contribution is -0.142. The number of hydrogen-bond acceptors (Lipinski definition) is 8. The van der Waals surface area contributed by atoms with Crippen LogP contribution in [0.2, 0.25) is 0 Å². The average Bonchev–Trinajstić information content (AvgIpc) is 3.17. The highest BCUT2D eigenvalue weighted by molar-refractivity contribution is 8.00. The highest BCUT2D eigenvalue weighted by Gasteiger charge is 2.31. The lowest BCUT2D eigenvalue weighted by Gasteiger charge is -2.16. The summed E-state index contributed by atoms with van der Waals surface area (Å²) in [6, 6.07) is 6.78. The van der Waals surface area contributed by atoms with Gasteiger partial charge in [-0.3, -0.25) is 9.36 Å².